The van der Waals surface area contributed by atoms with Crippen LogP contribution >= 0.6 is 0 Å². The summed E-state index contributed by atoms with van der Waals surface area (Å²) in [6.45, 7) is 0. The average molecular weight is 629 g/mol. The van der Waals surface area contributed by atoms with Crippen molar-refractivity contribution in [1.29, 1.82) is 0 Å². The second kappa shape index (κ2) is 12.1. The van der Waals surface area contributed by atoms with Crippen LogP contribution in [0.3, 0.4) is 0 Å². The molecule has 6 nitrogen and oxygen atoms in total. The molecule has 3 heterocycles. The lowest BCUT2D eigenvalue weighted by molar-refractivity contribution is 1.01. The number of aromatic nitrogens is 6. The fourth-order valence-electron chi connectivity index (χ4n) is 6.31. The summed E-state index contributed by atoms with van der Waals surface area (Å²) in [5.74, 6) is 3.13. The molecule has 230 valence electrons. The van der Waals surface area contributed by atoms with Crippen LogP contribution in [0.4, 0.5) is 0 Å². The molecule has 0 aliphatic carbocycles. The topological polar surface area (TPSA) is 68.9 Å². The van der Waals surface area contributed by atoms with Gasteiger partial charge in [0.15, 0.2) is 23.3 Å². The molecule has 0 saturated carbocycles. The Labute approximate surface area is 283 Å². The highest BCUT2D eigenvalue weighted by molar-refractivity contribution is 6.05. The van der Waals surface area contributed by atoms with E-state index in [9.17, 15) is 0 Å². The van der Waals surface area contributed by atoms with Crippen molar-refractivity contribution in [1.82, 2.24) is 29.3 Å². The van der Waals surface area contributed by atoms with E-state index in [1.54, 1.807) is 0 Å². The van der Waals surface area contributed by atoms with Crippen LogP contribution in [-0.4, -0.2) is 29.3 Å². The van der Waals surface area contributed by atoms with Gasteiger partial charge in [-0.25, -0.2) is 24.9 Å². The van der Waals surface area contributed by atoms with Gasteiger partial charge in [0.05, 0.1) is 0 Å². The van der Waals surface area contributed by atoms with Gasteiger partial charge in [-0.15, -0.1) is 0 Å². The van der Waals surface area contributed by atoms with E-state index in [4.69, 9.17) is 24.9 Å². The van der Waals surface area contributed by atoms with E-state index in [1.165, 1.54) is 0 Å². The van der Waals surface area contributed by atoms with Gasteiger partial charge in [-0.3, -0.25) is 4.40 Å². The van der Waals surface area contributed by atoms with E-state index in [2.05, 4.69) is 77.2 Å². The minimum Gasteiger partial charge on any atom is -0.273 e. The Bertz CT molecular complexity index is 2570. The zero-order valence-corrected chi connectivity index (χ0v) is 26.3. The van der Waals surface area contributed by atoms with E-state index in [0.717, 1.165) is 61.3 Å². The van der Waals surface area contributed by atoms with Gasteiger partial charge < -0.3 is 0 Å². The highest BCUT2D eigenvalue weighted by Crippen LogP contribution is 2.37. The first-order chi connectivity index (χ1) is 24.3. The van der Waals surface area contributed by atoms with Crippen LogP contribution in [-0.2, 0) is 0 Å². The van der Waals surface area contributed by atoms with E-state index >= 15 is 0 Å². The van der Waals surface area contributed by atoms with Gasteiger partial charge >= 0.3 is 0 Å². The van der Waals surface area contributed by atoms with Gasteiger partial charge in [0.2, 0.25) is 0 Å². The van der Waals surface area contributed by atoms with Crippen molar-refractivity contribution in [2.45, 2.75) is 0 Å². The summed E-state index contributed by atoms with van der Waals surface area (Å²) in [5.41, 5.74) is 7.60. The number of hydrogen-bond acceptors (Lipinski definition) is 5. The first kappa shape index (κ1) is 28.4. The average Bonchev–Trinajstić information content (AvgIpc) is 3.53. The summed E-state index contributed by atoms with van der Waals surface area (Å²) >= 11 is 0. The first-order valence-electron chi connectivity index (χ1n) is 16.2. The van der Waals surface area contributed by atoms with E-state index < -0.39 is 0 Å². The maximum Gasteiger partial charge on any atom is 0.181 e. The van der Waals surface area contributed by atoms with E-state index in [1.807, 2.05) is 97.1 Å². The molecule has 0 N–H and O–H groups in total. The molecule has 6 aromatic carbocycles. The molecule has 0 radical (unpaired) electrons. The van der Waals surface area contributed by atoms with Crippen LogP contribution in [0.15, 0.2) is 170 Å². The fraction of sp³-hybridized carbons (Fsp3) is 0. The summed E-state index contributed by atoms with van der Waals surface area (Å²) in [5, 5.41) is 1.97. The monoisotopic (exact) mass is 628 g/mol. The second-order valence-electron chi connectivity index (χ2n) is 11.8. The number of benzene rings is 6. The molecule has 0 aliphatic heterocycles. The van der Waals surface area contributed by atoms with Gasteiger partial charge in [-0.2, -0.15) is 0 Å². The van der Waals surface area contributed by atoms with Crippen molar-refractivity contribution < 1.29 is 0 Å². The molecule has 0 atom stereocenters. The quantitative estimate of drug-likeness (QED) is 0.183. The summed E-state index contributed by atoms with van der Waals surface area (Å²) < 4.78 is 2.11. The van der Waals surface area contributed by atoms with Gasteiger partial charge in [0, 0.05) is 33.0 Å². The summed E-state index contributed by atoms with van der Waals surface area (Å²) in [6.07, 6.45) is 0. The van der Waals surface area contributed by atoms with Gasteiger partial charge in [-0.1, -0.05) is 170 Å². The maximum absolute atomic E-state index is 5.20. The highest BCUT2D eigenvalue weighted by Gasteiger charge is 2.24. The van der Waals surface area contributed by atoms with Crippen LogP contribution in [0.5, 0.6) is 0 Å². The Morgan fingerprint density at radius 3 is 1.24 bits per heavy atom. The number of rotatable bonds is 6. The molecule has 9 rings (SSSR count). The SMILES string of the molecule is c1ccc(-c2ccc(-c3nc(-c4ccccc4)nc(-c4c5ccccc5c5nc(-c6ccccc6)nc(-c6ccccc6)n45)n3)cc2)cc1. The van der Waals surface area contributed by atoms with Crippen molar-refractivity contribution in [2.24, 2.45) is 0 Å². The zero-order chi connectivity index (χ0) is 32.6. The molecule has 3 aromatic heterocycles. The van der Waals surface area contributed by atoms with Gasteiger partial charge in [0.25, 0.3) is 0 Å². The molecule has 0 bridgehead atoms. The largest absolute Gasteiger partial charge is 0.273 e. The molecule has 0 aliphatic rings. The van der Waals surface area contributed by atoms with Crippen molar-refractivity contribution in [3.05, 3.63) is 170 Å². The number of nitrogens with zero attached hydrogens (tertiary/aromatic N) is 6. The first-order valence-corrected chi connectivity index (χ1v) is 16.2. The number of fused-ring (bicyclic) bond motifs is 3. The third-order valence-corrected chi connectivity index (χ3v) is 8.69. The fourth-order valence-corrected chi connectivity index (χ4v) is 6.31. The smallest absolute Gasteiger partial charge is 0.181 e. The van der Waals surface area contributed by atoms with E-state index in [0.29, 0.717) is 23.3 Å². The molecule has 0 fully saturated rings. The Balaban J connectivity index is 1.33. The molecule has 0 saturated heterocycles. The van der Waals surface area contributed by atoms with Crippen LogP contribution in [0.2, 0.25) is 0 Å². The Morgan fingerprint density at radius 1 is 0.286 bits per heavy atom. The molecular formula is C43H28N6. The molecule has 6 heteroatoms. The molecule has 0 unspecified atom stereocenters. The lowest BCUT2D eigenvalue weighted by atomic mass is 10.0. The Kier molecular flexibility index (Phi) is 7.02. The summed E-state index contributed by atoms with van der Waals surface area (Å²) in [7, 11) is 0. The van der Waals surface area contributed by atoms with Crippen molar-refractivity contribution in [3.63, 3.8) is 0 Å². The van der Waals surface area contributed by atoms with Gasteiger partial charge in [-0.05, 0) is 11.1 Å². The van der Waals surface area contributed by atoms with Crippen molar-refractivity contribution in [3.8, 4) is 68.2 Å². The van der Waals surface area contributed by atoms with Crippen LogP contribution in [0.1, 0.15) is 0 Å². The zero-order valence-electron chi connectivity index (χ0n) is 26.3. The molecule has 0 spiro atoms. The molecule has 0 amide bonds. The lowest BCUT2D eigenvalue weighted by Gasteiger charge is -2.13. The highest BCUT2D eigenvalue weighted by atomic mass is 15.1. The molecule has 9 aromatic rings. The normalized spacial score (nSPS) is 11.3. The third-order valence-electron chi connectivity index (χ3n) is 8.69. The predicted octanol–water partition coefficient (Wildman–Crippen LogP) is 10.1. The lowest BCUT2D eigenvalue weighted by Crippen LogP contribution is -2.06. The summed E-state index contributed by atoms with van der Waals surface area (Å²) in [6, 6.07) is 57.4. The second-order valence-corrected chi connectivity index (χ2v) is 11.8. The standard InChI is InChI=1S/C43H28N6/c1-5-15-29(16-6-1)30-25-27-33(28-26-30)39-44-38(31-17-7-2-8-18-31)45-41(46-39)37-35-23-13-14-24-36(35)43-48-40(32-19-9-3-10-20-32)47-42(49(37)43)34-21-11-4-12-22-34/h1-28H. The van der Waals surface area contributed by atoms with Gasteiger partial charge in [0.1, 0.15) is 17.2 Å². The minimum absolute atomic E-state index is 0.542. The van der Waals surface area contributed by atoms with Crippen molar-refractivity contribution >= 4 is 16.4 Å². The predicted molar refractivity (Wildman–Crippen MR) is 196 cm³/mol. The van der Waals surface area contributed by atoms with Crippen LogP contribution < -0.4 is 0 Å². The van der Waals surface area contributed by atoms with Crippen LogP contribution in [0, 0.1) is 0 Å². The van der Waals surface area contributed by atoms with E-state index in [-0.39, 0.29) is 0 Å². The maximum atomic E-state index is 5.20. The Morgan fingerprint density at radius 2 is 0.673 bits per heavy atom. The summed E-state index contributed by atoms with van der Waals surface area (Å²) in [4.78, 5) is 25.8. The third kappa shape index (κ3) is 5.22. The molecular weight excluding hydrogens is 601 g/mol. The van der Waals surface area contributed by atoms with Crippen molar-refractivity contribution in [2.75, 3.05) is 0 Å². The molecule has 49 heavy (non-hydrogen) atoms. The number of hydrogen-bond donors (Lipinski definition) is 0. The minimum atomic E-state index is 0.542. The Hall–Kier alpha value is -6.79. The van der Waals surface area contributed by atoms with Crippen LogP contribution in [0.25, 0.3) is 84.6 Å².